The molecule has 0 aromatic heterocycles. The minimum atomic E-state index is -0.934. The van der Waals surface area contributed by atoms with Crippen LogP contribution in [0, 0.1) is 35.0 Å². The molecule has 4 aliphatic rings. The summed E-state index contributed by atoms with van der Waals surface area (Å²) in [5.41, 5.74) is 4.09. The van der Waals surface area contributed by atoms with Crippen LogP contribution in [0.15, 0.2) is 72.8 Å². The molecule has 4 fully saturated rings. The van der Waals surface area contributed by atoms with E-state index in [9.17, 15) is 4.79 Å². The minimum Gasteiger partial charge on any atom is -0.478 e. The van der Waals surface area contributed by atoms with Crippen LogP contribution >= 0.6 is 0 Å². The number of hydrogen-bond acceptors (Lipinski definition) is 2. The van der Waals surface area contributed by atoms with Crippen LogP contribution in [0.3, 0.4) is 0 Å². The number of ether oxygens (including phenoxy) is 1. The molecule has 36 heavy (non-hydrogen) atoms. The Balaban J connectivity index is 1.14. The molecule has 4 bridgehead atoms. The van der Waals surface area contributed by atoms with Crippen LogP contribution in [0.25, 0.3) is 0 Å². The Labute approximate surface area is 213 Å². The van der Waals surface area contributed by atoms with Crippen LogP contribution in [0.1, 0.15) is 73.0 Å². The van der Waals surface area contributed by atoms with E-state index >= 15 is 0 Å². The Bertz CT molecular complexity index is 1320. The molecule has 0 saturated heterocycles. The molecule has 7 rings (SSSR count). The van der Waals surface area contributed by atoms with Gasteiger partial charge in [-0.15, -0.1) is 0 Å². The Morgan fingerprint density at radius 3 is 1.81 bits per heavy atom. The highest BCUT2D eigenvalue weighted by atomic mass is 16.5. The van der Waals surface area contributed by atoms with Crippen molar-refractivity contribution in [3.05, 3.63) is 95.1 Å². The smallest absolute Gasteiger partial charge is 0.335 e. The summed E-state index contributed by atoms with van der Waals surface area (Å²) in [7, 11) is 0. The predicted octanol–water partition coefficient (Wildman–Crippen LogP) is 7.68. The van der Waals surface area contributed by atoms with Gasteiger partial charge < -0.3 is 9.84 Å². The fourth-order valence-electron chi connectivity index (χ4n) is 7.51. The minimum absolute atomic E-state index is 0.261. The maximum atomic E-state index is 11.0. The summed E-state index contributed by atoms with van der Waals surface area (Å²) >= 11 is 0. The normalized spacial score (nSPS) is 27.2. The lowest BCUT2D eigenvalue weighted by atomic mass is 9.38. The van der Waals surface area contributed by atoms with E-state index in [-0.39, 0.29) is 5.56 Å². The molecule has 0 aliphatic heterocycles. The lowest BCUT2D eigenvalue weighted by Crippen LogP contribution is -2.59. The van der Waals surface area contributed by atoms with Crippen molar-refractivity contribution in [2.24, 2.45) is 23.2 Å². The Hall–Kier alpha value is -3.51. The van der Waals surface area contributed by atoms with E-state index in [2.05, 4.69) is 50.0 Å². The molecule has 4 saturated carbocycles. The molecular weight excluding hydrogens is 444 g/mol. The molecule has 2 unspecified atom stereocenters. The van der Waals surface area contributed by atoms with Gasteiger partial charge in [0, 0.05) is 16.5 Å². The molecule has 4 aliphatic carbocycles. The second-order valence-corrected chi connectivity index (χ2v) is 11.6. The molecular formula is C33H32O3. The summed E-state index contributed by atoms with van der Waals surface area (Å²) < 4.78 is 6.15. The zero-order valence-corrected chi connectivity index (χ0v) is 21.0. The molecule has 0 radical (unpaired) electrons. The van der Waals surface area contributed by atoms with Crippen LogP contribution in [0.5, 0.6) is 11.5 Å². The summed E-state index contributed by atoms with van der Waals surface area (Å²) in [5, 5.41) is 9.01. The van der Waals surface area contributed by atoms with Crippen molar-refractivity contribution >= 4 is 5.97 Å². The molecule has 0 heterocycles. The van der Waals surface area contributed by atoms with E-state index in [0.717, 1.165) is 40.4 Å². The Morgan fingerprint density at radius 2 is 1.28 bits per heavy atom. The molecule has 3 nitrogen and oxygen atoms in total. The van der Waals surface area contributed by atoms with Gasteiger partial charge in [0.2, 0.25) is 0 Å². The van der Waals surface area contributed by atoms with Crippen LogP contribution in [-0.2, 0) is 5.41 Å². The highest BCUT2D eigenvalue weighted by molar-refractivity contribution is 5.87. The first-order valence-electron chi connectivity index (χ1n) is 13.1. The fourth-order valence-corrected chi connectivity index (χ4v) is 7.51. The molecule has 1 N–H and O–H groups in total. The van der Waals surface area contributed by atoms with E-state index < -0.39 is 5.97 Å². The average Bonchev–Trinajstić information content (AvgIpc) is 2.87. The van der Waals surface area contributed by atoms with Gasteiger partial charge in [-0.05, 0) is 121 Å². The van der Waals surface area contributed by atoms with Gasteiger partial charge in [-0.2, -0.15) is 0 Å². The van der Waals surface area contributed by atoms with Gasteiger partial charge in [0.1, 0.15) is 11.5 Å². The summed E-state index contributed by atoms with van der Waals surface area (Å²) in [5.74, 6) is 9.61. The molecule has 3 aromatic rings. The molecule has 0 spiro atoms. The lowest BCUT2D eigenvalue weighted by molar-refractivity contribution is -0.113. The molecule has 3 heteroatoms. The Morgan fingerprint density at radius 1 is 0.778 bits per heavy atom. The quantitative estimate of drug-likeness (QED) is 0.393. The van der Waals surface area contributed by atoms with Crippen LogP contribution < -0.4 is 4.74 Å². The summed E-state index contributed by atoms with van der Waals surface area (Å²) in [6, 6.07) is 23.3. The maximum Gasteiger partial charge on any atom is 0.335 e. The largest absolute Gasteiger partial charge is 0.478 e. The van der Waals surface area contributed by atoms with Crippen LogP contribution in [0.2, 0.25) is 0 Å². The zero-order chi connectivity index (χ0) is 24.9. The zero-order valence-electron chi connectivity index (χ0n) is 21.0. The van der Waals surface area contributed by atoms with Gasteiger partial charge in [0.05, 0.1) is 5.56 Å². The van der Waals surface area contributed by atoms with Crippen molar-refractivity contribution in [1.82, 2.24) is 0 Å². The van der Waals surface area contributed by atoms with E-state index in [4.69, 9.17) is 9.84 Å². The van der Waals surface area contributed by atoms with Crippen molar-refractivity contribution < 1.29 is 14.6 Å². The van der Waals surface area contributed by atoms with Crippen LogP contribution in [0.4, 0.5) is 0 Å². The summed E-state index contributed by atoms with van der Waals surface area (Å²) in [4.78, 5) is 11.0. The SMILES string of the molecule is CC1(C)C2CC3CC(C2)CC1(c1ccc(Oc2ccc(C#Cc4ccc(C(=O)O)cc4)cc2)cc1)C3. The number of carboxylic acids is 1. The molecule has 2 atom stereocenters. The third kappa shape index (κ3) is 3.90. The number of carboxylic acid groups (broad SMARTS) is 1. The first kappa shape index (κ1) is 22.9. The first-order chi connectivity index (χ1) is 17.3. The Kier molecular flexibility index (Phi) is 5.45. The number of benzene rings is 3. The van der Waals surface area contributed by atoms with Gasteiger partial charge in [0.15, 0.2) is 0 Å². The topological polar surface area (TPSA) is 46.5 Å². The van der Waals surface area contributed by atoms with Gasteiger partial charge >= 0.3 is 5.97 Å². The predicted molar refractivity (Wildman–Crippen MR) is 141 cm³/mol. The number of aromatic carboxylic acids is 1. The van der Waals surface area contributed by atoms with Crippen molar-refractivity contribution in [3.63, 3.8) is 0 Å². The van der Waals surface area contributed by atoms with Crippen molar-refractivity contribution in [1.29, 1.82) is 0 Å². The highest BCUT2D eigenvalue weighted by Crippen LogP contribution is 2.68. The van der Waals surface area contributed by atoms with E-state index in [0.29, 0.717) is 10.8 Å². The number of hydrogen-bond donors (Lipinski definition) is 1. The number of carbonyl (C=O) groups is 1. The van der Waals surface area contributed by atoms with E-state index in [1.165, 1.54) is 37.7 Å². The van der Waals surface area contributed by atoms with Crippen molar-refractivity contribution in [2.75, 3.05) is 0 Å². The average molecular weight is 477 g/mol. The monoisotopic (exact) mass is 476 g/mol. The van der Waals surface area contributed by atoms with Crippen molar-refractivity contribution in [3.8, 4) is 23.3 Å². The van der Waals surface area contributed by atoms with Gasteiger partial charge in [-0.25, -0.2) is 4.79 Å². The lowest BCUT2D eigenvalue weighted by Gasteiger charge is -2.66. The molecule has 3 aromatic carbocycles. The van der Waals surface area contributed by atoms with E-state index in [1.807, 2.05) is 24.3 Å². The number of rotatable bonds is 4. The first-order valence-corrected chi connectivity index (χ1v) is 13.1. The van der Waals surface area contributed by atoms with Crippen molar-refractivity contribution in [2.45, 2.75) is 51.4 Å². The van der Waals surface area contributed by atoms with E-state index in [1.54, 1.807) is 24.3 Å². The second kappa shape index (κ2) is 8.56. The summed E-state index contributed by atoms with van der Waals surface area (Å²) in [6.45, 7) is 5.05. The second-order valence-electron chi connectivity index (χ2n) is 11.6. The van der Waals surface area contributed by atoms with Crippen LogP contribution in [-0.4, -0.2) is 11.1 Å². The fraction of sp³-hybridized carbons (Fsp3) is 0.364. The maximum absolute atomic E-state index is 11.0. The standard InChI is InChI=1S/C33H32O3/c1-32(2)28-18-24-17-25(19-28)21-33(32,20-24)27-11-15-30(16-12-27)36-29-13-7-23(8-14-29)4-3-22-5-9-26(10-6-22)31(34)35/h5-16,24-25,28H,17-21H2,1-2H3,(H,34,35). The molecule has 182 valence electrons. The third-order valence-corrected chi connectivity index (χ3v) is 9.41. The third-order valence-electron chi connectivity index (χ3n) is 9.41. The van der Waals surface area contributed by atoms with Gasteiger partial charge in [0.25, 0.3) is 0 Å². The van der Waals surface area contributed by atoms with Gasteiger partial charge in [-0.3, -0.25) is 0 Å². The summed E-state index contributed by atoms with van der Waals surface area (Å²) in [6.07, 6.45) is 7.01. The van der Waals surface area contributed by atoms with Gasteiger partial charge in [-0.1, -0.05) is 37.8 Å². The highest BCUT2D eigenvalue weighted by Gasteiger charge is 2.61. The molecule has 0 amide bonds.